The molecule has 0 aliphatic heterocycles. The van der Waals surface area contributed by atoms with Gasteiger partial charge in [-0.25, -0.2) is 0 Å². The minimum atomic E-state index is -0.188. The molecule has 1 unspecified atom stereocenters. The molecule has 1 aliphatic carbocycles. The first kappa shape index (κ1) is 26.7. The van der Waals surface area contributed by atoms with Crippen LogP contribution in [0.25, 0.3) is 11.4 Å². The second kappa shape index (κ2) is 11.0. The molecule has 0 saturated heterocycles. The summed E-state index contributed by atoms with van der Waals surface area (Å²) in [5, 5.41) is 23.5. The number of nitrogens with zero attached hydrogens (tertiary/aromatic N) is 4. The van der Waals surface area contributed by atoms with Crippen molar-refractivity contribution in [2.24, 2.45) is 11.3 Å². The SMILES string of the molecule is C=CCn1c(SCC(=O)Nc2sc3c(c2C#N)CCC(C(C)(C)C)C3)nnc1-c1ccc(Cl)c(Cl)c1. The Balaban J connectivity index is 1.48. The van der Waals surface area contributed by atoms with E-state index in [-0.39, 0.29) is 17.1 Å². The largest absolute Gasteiger partial charge is 0.316 e. The fourth-order valence-corrected chi connectivity index (χ4v) is 6.70. The number of carbonyl (C=O) groups is 1. The van der Waals surface area contributed by atoms with Gasteiger partial charge >= 0.3 is 0 Å². The van der Waals surface area contributed by atoms with Crippen molar-refractivity contribution in [3.8, 4) is 17.5 Å². The van der Waals surface area contributed by atoms with Gasteiger partial charge in [0.25, 0.3) is 0 Å². The molecule has 0 radical (unpaired) electrons. The number of thiophene rings is 1. The number of aromatic nitrogens is 3. The zero-order valence-electron chi connectivity index (χ0n) is 20.4. The van der Waals surface area contributed by atoms with Crippen molar-refractivity contribution in [2.75, 3.05) is 11.1 Å². The number of allylic oxidation sites excluding steroid dienone is 1. The summed E-state index contributed by atoms with van der Waals surface area (Å²) in [5.74, 6) is 1.12. The van der Waals surface area contributed by atoms with Gasteiger partial charge in [-0.1, -0.05) is 61.8 Å². The van der Waals surface area contributed by atoms with Crippen LogP contribution in [0.2, 0.25) is 10.0 Å². The highest BCUT2D eigenvalue weighted by Crippen LogP contribution is 2.44. The van der Waals surface area contributed by atoms with Crippen LogP contribution in [0.4, 0.5) is 5.00 Å². The fraction of sp³-hybridized carbons (Fsp3) is 0.385. The van der Waals surface area contributed by atoms with Crippen LogP contribution < -0.4 is 5.32 Å². The van der Waals surface area contributed by atoms with Crippen LogP contribution >= 0.6 is 46.3 Å². The van der Waals surface area contributed by atoms with Gasteiger partial charge in [0.2, 0.25) is 5.91 Å². The van der Waals surface area contributed by atoms with Gasteiger partial charge in [-0.2, -0.15) is 5.26 Å². The van der Waals surface area contributed by atoms with Gasteiger partial charge in [-0.15, -0.1) is 28.1 Å². The van der Waals surface area contributed by atoms with Crippen molar-refractivity contribution in [3.05, 3.63) is 56.9 Å². The number of amides is 1. The van der Waals surface area contributed by atoms with E-state index in [4.69, 9.17) is 23.2 Å². The molecule has 1 N–H and O–H groups in total. The first-order chi connectivity index (χ1) is 17.1. The molecule has 4 rings (SSSR count). The summed E-state index contributed by atoms with van der Waals surface area (Å²) >= 11 is 15.1. The molecule has 1 aromatic carbocycles. The van der Waals surface area contributed by atoms with Crippen molar-refractivity contribution in [1.82, 2.24) is 14.8 Å². The van der Waals surface area contributed by atoms with Gasteiger partial charge in [-0.3, -0.25) is 9.36 Å². The third-order valence-electron chi connectivity index (χ3n) is 6.39. The smallest absolute Gasteiger partial charge is 0.235 e. The molecular weight excluding hydrogens is 533 g/mol. The van der Waals surface area contributed by atoms with E-state index in [0.29, 0.717) is 44.1 Å². The van der Waals surface area contributed by atoms with Gasteiger partial charge < -0.3 is 5.32 Å². The average molecular weight is 561 g/mol. The summed E-state index contributed by atoms with van der Waals surface area (Å²) in [6, 6.07) is 7.60. The van der Waals surface area contributed by atoms with Crippen LogP contribution in [-0.2, 0) is 24.2 Å². The molecule has 0 fully saturated rings. The summed E-state index contributed by atoms with van der Waals surface area (Å²) in [6.45, 7) is 11.1. The number of hydrogen-bond acceptors (Lipinski definition) is 6. The Kier molecular flexibility index (Phi) is 8.15. The standard InChI is InChI=1S/C26H27Cl2N5OS2/c1-5-10-33-23(15-6-9-19(27)20(28)11-15)31-32-25(33)35-14-22(34)30-24-18(13-29)17-8-7-16(26(2,3)4)12-21(17)36-24/h5-6,9,11,16H,1,7-8,10,12,14H2,2-4H3,(H,30,34). The minimum absolute atomic E-state index is 0.134. The number of benzene rings is 1. The van der Waals surface area contributed by atoms with E-state index in [9.17, 15) is 10.1 Å². The number of carbonyl (C=O) groups excluding carboxylic acids is 1. The van der Waals surface area contributed by atoms with E-state index < -0.39 is 0 Å². The fourth-order valence-electron chi connectivity index (χ4n) is 4.36. The summed E-state index contributed by atoms with van der Waals surface area (Å²) < 4.78 is 1.88. The predicted molar refractivity (Wildman–Crippen MR) is 149 cm³/mol. The highest BCUT2D eigenvalue weighted by Gasteiger charge is 2.32. The van der Waals surface area contributed by atoms with Gasteiger partial charge in [0.1, 0.15) is 11.1 Å². The van der Waals surface area contributed by atoms with Crippen LogP contribution in [0.3, 0.4) is 0 Å². The summed E-state index contributed by atoms with van der Waals surface area (Å²) in [6.07, 6.45) is 4.63. The van der Waals surface area contributed by atoms with E-state index in [2.05, 4.69) is 48.9 Å². The average Bonchev–Trinajstić information content (AvgIpc) is 3.39. The Morgan fingerprint density at radius 1 is 1.36 bits per heavy atom. The van der Waals surface area contributed by atoms with Crippen LogP contribution in [0.15, 0.2) is 36.0 Å². The monoisotopic (exact) mass is 559 g/mol. The number of nitrogens with one attached hydrogen (secondary N) is 1. The lowest BCUT2D eigenvalue weighted by Crippen LogP contribution is -2.26. The first-order valence-corrected chi connectivity index (χ1v) is 14.1. The molecule has 0 spiro atoms. The molecule has 0 saturated carbocycles. The lowest BCUT2D eigenvalue weighted by Gasteiger charge is -2.33. The van der Waals surface area contributed by atoms with Crippen molar-refractivity contribution < 1.29 is 4.79 Å². The van der Waals surface area contributed by atoms with E-state index in [1.165, 1.54) is 28.0 Å². The maximum Gasteiger partial charge on any atom is 0.235 e. The molecule has 188 valence electrons. The van der Waals surface area contributed by atoms with Gasteiger partial charge in [0.15, 0.2) is 11.0 Å². The van der Waals surface area contributed by atoms with E-state index >= 15 is 0 Å². The summed E-state index contributed by atoms with van der Waals surface area (Å²) in [5.41, 5.74) is 2.69. The van der Waals surface area contributed by atoms with Crippen LogP contribution in [0.1, 0.15) is 43.2 Å². The zero-order chi connectivity index (χ0) is 26.0. The molecule has 1 amide bonds. The highest BCUT2D eigenvalue weighted by molar-refractivity contribution is 7.99. The molecule has 2 heterocycles. The van der Waals surface area contributed by atoms with Crippen LogP contribution in [-0.4, -0.2) is 26.4 Å². The van der Waals surface area contributed by atoms with Crippen molar-refractivity contribution >= 4 is 57.2 Å². The number of anilines is 1. The van der Waals surface area contributed by atoms with Crippen molar-refractivity contribution in [2.45, 2.75) is 51.7 Å². The van der Waals surface area contributed by atoms with Crippen molar-refractivity contribution in [3.63, 3.8) is 0 Å². The molecule has 1 atom stereocenters. The number of thioether (sulfide) groups is 1. The second-order valence-electron chi connectivity index (χ2n) is 9.80. The quantitative estimate of drug-likeness (QED) is 0.243. The third-order valence-corrected chi connectivity index (χ3v) is 9.27. The molecule has 10 heteroatoms. The summed E-state index contributed by atoms with van der Waals surface area (Å²) in [4.78, 5) is 14.1. The third kappa shape index (κ3) is 5.65. The van der Waals surface area contributed by atoms with Crippen LogP contribution in [0, 0.1) is 22.7 Å². The van der Waals surface area contributed by atoms with Crippen molar-refractivity contribution in [1.29, 1.82) is 5.26 Å². The maximum atomic E-state index is 12.9. The lowest BCUT2D eigenvalue weighted by atomic mass is 9.72. The predicted octanol–water partition coefficient (Wildman–Crippen LogP) is 7.25. The number of rotatable bonds is 7. The molecule has 3 aromatic rings. The van der Waals surface area contributed by atoms with E-state index in [1.807, 2.05) is 10.6 Å². The number of nitriles is 1. The molecule has 6 nitrogen and oxygen atoms in total. The minimum Gasteiger partial charge on any atom is -0.316 e. The topological polar surface area (TPSA) is 83.6 Å². The Bertz CT molecular complexity index is 1350. The molecular formula is C26H27Cl2N5OS2. The zero-order valence-corrected chi connectivity index (χ0v) is 23.5. The summed E-state index contributed by atoms with van der Waals surface area (Å²) in [7, 11) is 0. The maximum absolute atomic E-state index is 12.9. The van der Waals surface area contributed by atoms with E-state index in [1.54, 1.807) is 18.2 Å². The number of hydrogen-bond donors (Lipinski definition) is 1. The van der Waals surface area contributed by atoms with Crippen LogP contribution in [0.5, 0.6) is 0 Å². The Hall–Kier alpha value is -2.31. The van der Waals surface area contributed by atoms with Gasteiger partial charge in [0.05, 0.1) is 21.4 Å². The number of fused-ring (bicyclic) bond motifs is 1. The Morgan fingerprint density at radius 2 is 2.14 bits per heavy atom. The number of halogens is 2. The second-order valence-corrected chi connectivity index (χ2v) is 12.7. The van der Waals surface area contributed by atoms with Gasteiger partial charge in [0, 0.05) is 17.0 Å². The van der Waals surface area contributed by atoms with E-state index in [0.717, 1.165) is 30.4 Å². The lowest BCUT2D eigenvalue weighted by molar-refractivity contribution is -0.113. The van der Waals surface area contributed by atoms with Gasteiger partial charge in [-0.05, 0) is 54.4 Å². The normalized spacial score (nSPS) is 15.3. The molecule has 2 aromatic heterocycles. The molecule has 1 aliphatic rings. The Labute approximate surface area is 229 Å². The Morgan fingerprint density at radius 3 is 2.81 bits per heavy atom. The molecule has 36 heavy (non-hydrogen) atoms. The highest BCUT2D eigenvalue weighted by atomic mass is 35.5. The molecule has 0 bridgehead atoms. The first-order valence-electron chi connectivity index (χ1n) is 11.6.